The van der Waals surface area contributed by atoms with Crippen LogP contribution in [0.1, 0.15) is 30.6 Å². The fraction of sp³-hybridized carbons (Fsp3) is 0.294. The van der Waals surface area contributed by atoms with Gasteiger partial charge in [0.05, 0.1) is 6.10 Å². The number of thioether (sulfide) groups is 1. The molecule has 100 valence electrons. The van der Waals surface area contributed by atoms with Crippen molar-refractivity contribution in [2.75, 3.05) is 5.75 Å². The fourth-order valence-electron chi connectivity index (χ4n) is 2.07. The molecule has 1 N–H and O–H groups in total. The Morgan fingerprint density at radius 2 is 1.68 bits per heavy atom. The molecule has 0 saturated carbocycles. The standard InChI is InChI=1S/C17H20OS/c1-2-19-16-11-9-15(10-12-16)17(18)13-8-14-6-4-3-5-7-14/h3-7,9-12,17-18H,2,8,13H2,1H3. The highest BCUT2D eigenvalue weighted by molar-refractivity contribution is 7.99. The summed E-state index contributed by atoms with van der Waals surface area (Å²) >= 11 is 1.82. The molecule has 0 heterocycles. The van der Waals surface area contributed by atoms with Crippen LogP contribution in [0.4, 0.5) is 0 Å². The number of aliphatic hydroxyl groups excluding tert-OH is 1. The maximum atomic E-state index is 10.2. The van der Waals surface area contributed by atoms with Gasteiger partial charge in [-0.2, -0.15) is 0 Å². The van der Waals surface area contributed by atoms with E-state index in [2.05, 4.69) is 31.2 Å². The van der Waals surface area contributed by atoms with Gasteiger partial charge in [0, 0.05) is 4.90 Å². The third-order valence-corrected chi connectivity index (χ3v) is 4.02. The van der Waals surface area contributed by atoms with Crippen LogP contribution in [0.2, 0.25) is 0 Å². The van der Waals surface area contributed by atoms with Crippen LogP contribution in [0.15, 0.2) is 59.5 Å². The summed E-state index contributed by atoms with van der Waals surface area (Å²) < 4.78 is 0. The summed E-state index contributed by atoms with van der Waals surface area (Å²) in [4.78, 5) is 1.27. The van der Waals surface area contributed by atoms with Gasteiger partial charge in [-0.25, -0.2) is 0 Å². The van der Waals surface area contributed by atoms with Gasteiger partial charge >= 0.3 is 0 Å². The molecule has 0 aliphatic rings. The second-order valence-corrected chi connectivity index (χ2v) is 5.88. The molecule has 0 bridgehead atoms. The Morgan fingerprint density at radius 1 is 1.00 bits per heavy atom. The topological polar surface area (TPSA) is 20.2 Å². The van der Waals surface area contributed by atoms with Crippen LogP contribution in [-0.2, 0) is 6.42 Å². The van der Waals surface area contributed by atoms with Gasteiger partial charge in [0.1, 0.15) is 0 Å². The molecule has 0 amide bonds. The van der Waals surface area contributed by atoms with Crippen molar-refractivity contribution in [1.82, 2.24) is 0 Å². The predicted molar refractivity (Wildman–Crippen MR) is 82.6 cm³/mol. The fourth-order valence-corrected chi connectivity index (χ4v) is 2.73. The van der Waals surface area contributed by atoms with E-state index in [1.54, 1.807) is 0 Å². The van der Waals surface area contributed by atoms with E-state index in [0.717, 1.165) is 24.2 Å². The summed E-state index contributed by atoms with van der Waals surface area (Å²) in [7, 11) is 0. The molecular weight excluding hydrogens is 252 g/mol. The first-order valence-electron chi connectivity index (χ1n) is 6.74. The van der Waals surface area contributed by atoms with E-state index in [1.807, 2.05) is 42.1 Å². The van der Waals surface area contributed by atoms with Gasteiger partial charge in [0.15, 0.2) is 0 Å². The number of hydrogen-bond acceptors (Lipinski definition) is 2. The monoisotopic (exact) mass is 272 g/mol. The molecule has 0 radical (unpaired) electrons. The van der Waals surface area contributed by atoms with Crippen molar-refractivity contribution in [3.05, 3.63) is 65.7 Å². The minimum Gasteiger partial charge on any atom is -0.388 e. The first-order chi connectivity index (χ1) is 9.29. The van der Waals surface area contributed by atoms with E-state index in [9.17, 15) is 5.11 Å². The zero-order valence-corrected chi connectivity index (χ0v) is 12.1. The molecule has 0 fully saturated rings. The Balaban J connectivity index is 1.90. The van der Waals surface area contributed by atoms with Crippen molar-refractivity contribution < 1.29 is 5.11 Å². The van der Waals surface area contributed by atoms with E-state index < -0.39 is 0 Å². The average molecular weight is 272 g/mol. The van der Waals surface area contributed by atoms with Crippen molar-refractivity contribution in [1.29, 1.82) is 0 Å². The summed E-state index contributed by atoms with van der Waals surface area (Å²) in [5.74, 6) is 1.08. The molecule has 0 saturated heterocycles. The van der Waals surface area contributed by atoms with Gasteiger partial charge in [0.2, 0.25) is 0 Å². The highest BCUT2D eigenvalue weighted by Crippen LogP contribution is 2.23. The van der Waals surface area contributed by atoms with Crippen molar-refractivity contribution >= 4 is 11.8 Å². The summed E-state index contributed by atoms with van der Waals surface area (Å²) in [6.07, 6.45) is 1.30. The van der Waals surface area contributed by atoms with Crippen LogP contribution in [0, 0.1) is 0 Å². The zero-order valence-electron chi connectivity index (χ0n) is 11.3. The lowest BCUT2D eigenvalue weighted by Crippen LogP contribution is -1.99. The van der Waals surface area contributed by atoms with Crippen LogP contribution in [0.25, 0.3) is 0 Å². The normalized spacial score (nSPS) is 12.3. The molecular formula is C17H20OS. The molecule has 1 atom stereocenters. The summed E-state index contributed by atoms with van der Waals surface area (Å²) in [6.45, 7) is 2.15. The second-order valence-electron chi connectivity index (χ2n) is 4.54. The number of rotatable bonds is 6. The summed E-state index contributed by atoms with van der Waals surface area (Å²) in [5, 5.41) is 10.2. The Kier molecular flexibility index (Phi) is 5.49. The minimum absolute atomic E-state index is 0.374. The van der Waals surface area contributed by atoms with Gasteiger partial charge in [0.25, 0.3) is 0 Å². The first kappa shape index (κ1) is 14.2. The smallest absolute Gasteiger partial charge is 0.0793 e. The Labute approximate surface area is 119 Å². The van der Waals surface area contributed by atoms with Gasteiger partial charge < -0.3 is 5.11 Å². The molecule has 0 aliphatic carbocycles. The molecule has 19 heavy (non-hydrogen) atoms. The molecule has 1 nitrogen and oxygen atoms in total. The Hall–Kier alpha value is -1.25. The molecule has 2 rings (SSSR count). The van der Waals surface area contributed by atoms with Crippen LogP contribution in [0.3, 0.4) is 0 Å². The van der Waals surface area contributed by atoms with Crippen LogP contribution >= 0.6 is 11.8 Å². The van der Waals surface area contributed by atoms with E-state index in [-0.39, 0.29) is 6.10 Å². The summed E-state index contributed by atoms with van der Waals surface area (Å²) in [6, 6.07) is 18.6. The Bertz CT molecular complexity index is 478. The largest absolute Gasteiger partial charge is 0.388 e. The number of aryl methyl sites for hydroxylation is 1. The second kappa shape index (κ2) is 7.37. The SMILES string of the molecule is CCSc1ccc(C(O)CCc2ccccc2)cc1. The van der Waals surface area contributed by atoms with E-state index in [4.69, 9.17) is 0 Å². The van der Waals surface area contributed by atoms with E-state index in [0.29, 0.717) is 0 Å². The lowest BCUT2D eigenvalue weighted by molar-refractivity contribution is 0.168. The van der Waals surface area contributed by atoms with Crippen molar-refractivity contribution in [3.63, 3.8) is 0 Å². The quantitative estimate of drug-likeness (QED) is 0.783. The average Bonchev–Trinajstić information content (AvgIpc) is 2.47. The van der Waals surface area contributed by atoms with Crippen molar-refractivity contribution in [2.24, 2.45) is 0 Å². The number of hydrogen-bond donors (Lipinski definition) is 1. The molecule has 2 aromatic rings. The van der Waals surface area contributed by atoms with Gasteiger partial charge in [-0.05, 0) is 41.9 Å². The van der Waals surface area contributed by atoms with E-state index >= 15 is 0 Å². The third kappa shape index (κ3) is 4.41. The third-order valence-electron chi connectivity index (χ3n) is 3.13. The minimum atomic E-state index is -0.374. The van der Waals surface area contributed by atoms with Gasteiger partial charge in [-0.3, -0.25) is 0 Å². The summed E-state index contributed by atoms with van der Waals surface area (Å²) in [5.41, 5.74) is 2.29. The van der Waals surface area contributed by atoms with Crippen molar-refractivity contribution in [3.8, 4) is 0 Å². The number of benzene rings is 2. The maximum absolute atomic E-state index is 10.2. The lowest BCUT2D eigenvalue weighted by atomic mass is 10.0. The van der Waals surface area contributed by atoms with Crippen molar-refractivity contribution in [2.45, 2.75) is 30.8 Å². The lowest BCUT2D eigenvalue weighted by Gasteiger charge is -2.11. The predicted octanol–water partition coefficient (Wildman–Crippen LogP) is 4.46. The van der Waals surface area contributed by atoms with Crippen LogP contribution in [0.5, 0.6) is 0 Å². The molecule has 0 aromatic heterocycles. The molecule has 2 heteroatoms. The first-order valence-corrected chi connectivity index (χ1v) is 7.73. The molecule has 0 spiro atoms. The molecule has 1 unspecified atom stereocenters. The number of aliphatic hydroxyl groups is 1. The highest BCUT2D eigenvalue weighted by Gasteiger charge is 2.07. The Morgan fingerprint density at radius 3 is 2.32 bits per heavy atom. The highest BCUT2D eigenvalue weighted by atomic mass is 32.2. The van der Waals surface area contributed by atoms with E-state index in [1.165, 1.54) is 10.5 Å². The maximum Gasteiger partial charge on any atom is 0.0793 e. The molecule has 0 aliphatic heterocycles. The van der Waals surface area contributed by atoms with Gasteiger partial charge in [-0.1, -0.05) is 49.4 Å². The van der Waals surface area contributed by atoms with Crippen LogP contribution in [-0.4, -0.2) is 10.9 Å². The van der Waals surface area contributed by atoms with Crippen LogP contribution < -0.4 is 0 Å². The molecule has 2 aromatic carbocycles. The van der Waals surface area contributed by atoms with Gasteiger partial charge in [-0.15, -0.1) is 11.8 Å². The zero-order chi connectivity index (χ0) is 13.5.